The third kappa shape index (κ3) is 5.58. The van der Waals surface area contributed by atoms with Gasteiger partial charge in [0.15, 0.2) is 6.61 Å². The van der Waals surface area contributed by atoms with Gasteiger partial charge in [-0.15, -0.1) is 0 Å². The Kier molecular flexibility index (Phi) is 6.72. The van der Waals surface area contributed by atoms with Crippen LogP contribution in [0.2, 0.25) is 0 Å². The van der Waals surface area contributed by atoms with Crippen LogP contribution in [0.4, 0.5) is 4.39 Å². The van der Waals surface area contributed by atoms with Crippen LogP contribution in [-0.2, 0) is 9.59 Å². The quantitative estimate of drug-likeness (QED) is 0.754. The Hall–Kier alpha value is -2.89. The second kappa shape index (κ2) is 8.99. The molecule has 2 aromatic carbocycles. The molecule has 0 saturated heterocycles. The highest BCUT2D eigenvalue weighted by atomic mass is 19.1. The summed E-state index contributed by atoms with van der Waals surface area (Å²) in [5, 5.41) is 11.5. The number of carboxylic acid groups (broad SMARTS) is 1. The molecule has 138 valence electrons. The average molecular weight is 359 g/mol. The van der Waals surface area contributed by atoms with Crippen LogP contribution in [0, 0.1) is 5.82 Å². The van der Waals surface area contributed by atoms with E-state index in [1.54, 1.807) is 42.5 Å². The molecule has 0 aliphatic heterocycles. The Morgan fingerprint density at radius 2 is 1.77 bits per heavy atom. The second-order valence-corrected chi connectivity index (χ2v) is 6.17. The highest BCUT2D eigenvalue weighted by Gasteiger charge is 2.16. The van der Waals surface area contributed by atoms with Gasteiger partial charge in [0.05, 0.1) is 6.04 Å². The van der Waals surface area contributed by atoms with Crippen molar-refractivity contribution in [3.63, 3.8) is 0 Å². The highest BCUT2D eigenvalue weighted by molar-refractivity contribution is 5.77. The normalized spacial score (nSPS) is 12.9. The maximum Gasteiger partial charge on any atom is 0.341 e. The minimum atomic E-state index is -1.04. The first-order valence-corrected chi connectivity index (χ1v) is 8.35. The van der Waals surface area contributed by atoms with Crippen molar-refractivity contribution in [2.75, 3.05) is 6.61 Å². The van der Waals surface area contributed by atoms with Crippen LogP contribution in [0.25, 0.3) is 0 Å². The van der Waals surface area contributed by atoms with Crippen molar-refractivity contribution < 1.29 is 23.8 Å². The molecule has 0 bridgehead atoms. The number of carbonyl (C=O) groups is 2. The zero-order valence-corrected chi connectivity index (χ0v) is 14.7. The summed E-state index contributed by atoms with van der Waals surface area (Å²) in [6.45, 7) is 3.26. The van der Waals surface area contributed by atoms with Crippen LogP contribution in [-0.4, -0.2) is 23.6 Å². The summed E-state index contributed by atoms with van der Waals surface area (Å²) in [4.78, 5) is 22.7. The number of amides is 1. The second-order valence-electron chi connectivity index (χ2n) is 6.17. The number of hydrogen-bond acceptors (Lipinski definition) is 3. The summed E-state index contributed by atoms with van der Waals surface area (Å²) >= 11 is 0. The van der Waals surface area contributed by atoms with E-state index in [0.29, 0.717) is 11.3 Å². The summed E-state index contributed by atoms with van der Waals surface area (Å²) in [6.07, 6.45) is 0.186. The molecule has 0 fully saturated rings. The van der Waals surface area contributed by atoms with E-state index in [2.05, 4.69) is 5.32 Å². The topological polar surface area (TPSA) is 75.6 Å². The van der Waals surface area contributed by atoms with Gasteiger partial charge in [0, 0.05) is 6.42 Å². The van der Waals surface area contributed by atoms with Crippen LogP contribution in [0.5, 0.6) is 5.75 Å². The molecule has 5 nitrogen and oxygen atoms in total. The summed E-state index contributed by atoms with van der Waals surface area (Å²) in [6, 6.07) is 13.1. The number of benzene rings is 2. The van der Waals surface area contributed by atoms with Gasteiger partial charge < -0.3 is 15.2 Å². The lowest BCUT2D eigenvalue weighted by atomic mass is 9.96. The largest absolute Gasteiger partial charge is 0.482 e. The van der Waals surface area contributed by atoms with E-state index in [0.717, 1.165) is 5.56 Å². The van der Waals surface area contributed by atoms with E-state index >= 15 is 0 Å². The van der Waals surface area contributed by atoms with Gasteiger partial charge in [0.25, 0.3) is 0 Å². The first kappa shape index (κ1) is 19.4. The van der Waals surface area contributed by atoms with Gasteiger partial charge in [-0.05, 0) is 42.2 Å². The molecular formula is C20H22FNO4. The SMILES string of the molecule is CC(CC(=O)NC(C)c1ccc(OCC(=O)O)cc1)c1ccccc1F. The van der Waals surface area contributed by atoms with E-state index < -0.39 is 12.6 Å². The van der Waals surface area contributed by atoms with Crippen molar-refractivity contribution in [2.45, 2.75) is 32.2 Å². The number of carboxylic acids is 1. The molecule has 2 unspecified atom stereocenters. The van der Waals surface area contributed by atoms with E-state index in [4.69, 9.17) is 9.84 Å². The number of nitrogens with one attached hydrogen (secondary N) is 1. The molecule has 26 heavy (non-hydrogen) atoms. The predicted octanol–water partition coefficient (Wildman–Crippen LogP) is 3.66. The summed E-state index contributed by atoms with van der Waals surface area (Å²) in [5.41, 5.74) is 1.38. The van der Waals surface area contributed by atoms with E-state index in [-0.39, 0.29) is 30.1 Å². The molecule has 0 aliphatic carbocycles. The van der Waals surface area contributed by atoms with Gasteiger partial charge in [0.2, 0.25) is 5.91 Å². The molecule has 0 heterocycles. The van der Waals surface area contributed by atoms with Gasteiger partial charge in [-0.3, -0.25) is 4.79 Å². The molecule has 0 aliphatic rings. The van der Waals surface area contributed by atoms with Crippen molar-refractivity contribution in [1.29, 1.82) is 0 Å². The average Bonchev–Trinajstić information content (AvgIpc) is 2.60. The van der Waals surface area contributed by atoms with E-state index in [1.165, 1.54) is 6.07 Å². The fourth-order valence-electron chi connectivity index (χ4n) is 2.64. The zero-order valence-electron chi connectivity index (χ0n) is 14.7. The highest BCUT2D eigenvalue weighted by Crippen LogP contribution is 2.23. The van der Waals surface area contributed by atoms with Gasteiger partial charge in [0.1, 0.15) is 11.6 Å². The monoisotopic (exact) mass is 359 g/mol. The Morgan fingerprint density at radius 3 is 2.38 bits per heavy atom. The lowest BCUT2D eigenvalue weighted by Crippen LogP contribution is -2.27. The molecule has 1 amide bonds. The number of carbonyl (C=O) groups excluding carboxylic acids is 1. The van der Waals surface area contributed by atoms with E-state index in [9.17, 15) is 14.0 Å². The van der Waals surface area contributed by atoms with Crippen LogP contribution in [0.1, 0.15) is 43.4 Å². The standard InChI is InChI=1S/C20H22FNO4/c1-13(17-5-3-4-6-18(17)21)11-19(23)22-14(2)15-7-9-16(10-8-15)26-12-20(24)25/h3-10,13-14H,11-12H2,1-2H3,(H,22,23)(H,24,25). The fourth-order valence-corrected chi connectivity index (χ4v) is 2.64. The van der Waals surface area contributed by atoms with Gasteiger partial charge >= 0.3 is 5.97 Å². The van der Waals surface area contributed by atoms with Gasteiger partial charge in [-0.2, -0.15) is 0 Å². The third-order valence-corrected chi connectivity index (χ3v) is 4.05. The third-order valence-electron chi connectivity index (χ3n) is 4.05. The van der Waals surface area contributed by atoms with Gasteiger partial charge in [-0.25, -0.2) is 9.18 Å². The molecule has 0 saturated carbocycles. The summed E-state index contributed by atoms with van der Waals surface area (Å²) < 4.78 is 18.9. The molecule has 2 aromatic rings. The first-order chi connectivity index (χ1) is 12.4. The Morgan fingerprint density at radius 1 is 1.12 bits per heavy atom. The summed E-state index contributed by atoms with van der Waals surface area (Å²) in [5.74, 6) is -1.30. The van der Waals surface area contributed by atoms with E-state index in [1.807, 2.05) is 13.8 Å². The molecule has 2 rings (SSSR count). The lowest BCUT2D eigenvalue weighted by molar-refractivity contribution is -0.139. The Balaban J connectivity index is 1.90. The number of rotatable bonds is 8. The van der Waals surface area contributed by atoms with Crippen LogP contribution in [0.15, 0.2) is 48.5 Å². The molecule has 2 atom stereocenters. The van der Waals surface area contributed by atoms with Crippen molar-refractivity contribution in [3.8, 4) is 5.75 Å². The van der Waals surface area contributed by atoms with Crippen LogP contribution >= 0.6 is 0 Å². The maximum atomic E-state index is 13.8. The Bertz CT molecular complexity index is 761. The first-order valence-electron chi connectivity index (χ1n) is 8.35. The van der Waals surface area contributed by atoms with Crippen LogP contribution in [0.3, 0.4) is 0 Å². The smallest absolute Gasteiger partial charge is 0.341 e. The molecule has 6 heteroatoms. The minimum Gasteiger partial charge on any atom is -0.482 e. The Labute approximate surface area is 151 Å². The number of halogens is 1. The van der Waals surface area contributed by atoms with Gasteiger partial charge in [-0.1, -0.05) is 37.3 Å². The van der Waals surface area contributed by atoms with Crippen molar-refractivity contribution in [2.24, 2.45) is 0 Å². The lowest BCUT2D eigenvalue weighted by Gasteiger charge is -2.17. The predicted molar refractivity (Wildman–Crippen MR) is 95.6 cm³/mol. The number of aliphatic carboxylic acids is 1. The molecule has 0 spiro atoms. The number of ether oxygens (including phenoxy) is 1. The zero-order chi connectivity index (χ0) is 19.1. The number of hydrogen-bond donors (Lipinski definition) is 2. The van der Waals surface area contributed by atoms with Crippen LogP contribution < -0.4 is 10.1 Å². The molecule has 2 N–H and O–H groups in total. The molecule has 0 radical (unpaired) electrons. The van der Waals surface area contributed by atoms with Crippen molar-refractivity contribution in [3.05, 3.63) is 65.5 Å². The molecular weight excluding hydrogens is 337 g/mol. The van der Waals surface area contributed by atoms with Crippen molar-refractivity contribution >= 4 is 11.9 Å². The fraction of sp³-hybridized carbons (Fsp3) is 0.300. The summed E-state index contributed by atoms with van der Waals surface area (Å²) in [7, 11) is 0. The van der Waals surface area contributed by atoms with Crippen molar-refractivity contribution in [1.82, 2.24) is 5.32 Å². The molecule has 0 aromatic heterocycles. The maximum absolute atomic E-state index is 13.8. The minimum absolute atomic E-state index is 0.167.